The van der Waals surface area contributed by atoms with Gasteiger partial charge in [-0.2, -0.15) is 0 Å². The van der Waals surface area contributed by atoms with E-state index in [1.54, 1.807) is 25.4 Å². The Hall–Kier alpha value is -2.50. The average Bonchev–Trinajstić information content (AvgIpc) is 2.37. The normalized spacial score (nSPS) is 10.1. The van der Waals surface area contributed by atoms with Crippen LogP contribution < -0.4 is 5.32 Å². The van der Waals surface area contributed by atoms with Gasteiger partial charge in [0, 0.05) is 24.5 Å². The monoisotopic (exact) mass is 244 g/mol. The third kappa shape index (κ3) is 2.79. The number of aromatic nitrogens is 2. The molecule has 6 nitrogen and oxygen atoms in total. The van der Waals surface area contributed by atoms with Gasteiger partial charge in [-0.25, -0.2) is 4.98 Å². The van der Waals surface area contributed by atoms with E-state index in [0.29, 0.717) is 17.9 Å². The third-order valence-electron chi connectivity index (χ3n) is 2.48. The Morgan fingerprint density at radius 3 is 2.89 bits per heavy atom. The van der Waals surface area contributed by atoms with E-state index in [-0.39, 0.29) is 5.69 Å². The van der Waals surface area contributed by atoms with Crippen LogP contribution in [0.5, 0.6) is 0 Å². The molecular formula is C12H12N4O2. The van der Waals surface area contributed by atoms with E-state index in [4.69, 9.17) is 0 Å². The van der Waals surface area contributed by atoms with Crippen LogP contribution in [0.2, 0.25) is 0 Å². The van der Waals surface area contributed by atoms with Gasteiger partial charge in [-0.1, -0.05) is 6.07 Å². The summed E-state index contributed by atoms with van der Waals surface area (Å²) in [4.78, 5) is 18.2. The highest BCUT2D eigenvalue weighted by atomic mass is 16.6. The third-order valence-corrected chi connectivity index (χ3v) is 2.48. The summed E-state index contributed by atoms with van der Waals surface area (Å²) in [6.07, 6.45) is 4.73. The maximum absolute atomic E-state index is 10.6. The smallest absolute Gasteiger partial charge is 0.290 e. The van der Waals surface area contributed by atoms with Crippen LogP contribution in [0, 0.1) is 17.0 Å². The molecule has 0 atom stereocenters. The minimum absolute atomic E-state index is 0.0296. The molecule has 18 heavy (non-hydrogen) atoms. The molecule has 0 fully saturated rings. The lowest BCUT2D eigenvalue weighted by molar-refractivity contribution is -0.385. The number of anilines is 1. The van der Waals surface area contributed by atoms with Crippen LogP contribution >= 0.6 is 0 Å². The SMILES string of the molecule is Cc1cc(NCc2cccnc2)ncc1[N+](=O)[O-]. The van der Waals surface area contributed by atoms with E-state index in [9.17, 15) is 10.1 Å². The van der Waals surface area contributed by atoms with Gasteiger partial charge < -0.3 is 5.32 Å². The number of hydrogen-bond donors (Lipinski definition) is 1. The maximum Gasteiger partial charge on any atom is 0.290 e. The first-order valence-corrected chi connectivity index (χ1v) is 5.40. The average molecular weight is 244 g/mol. The molecule has 0 saturated heterocycles. The number of hydrogen-bond acceptors (Lipinski definition) is 5. The lowest BCUT2D eigenvalue weighted by Crippen LogP contribution is -2.03. The zero-order valence-electron chi connectivity index (χ0n) is 9.83. The van der Waals surface area contributed by atoms with Gasteiger partial charge in [-0.3, -0.25) is 15.1 Å². The van der Waals surface area contributed by atoms with E-state index in [0.717, 1.165) is 5.56 Å². The van der Waals surface area contributed by atoms with Crippen molar-refractivity contribution < 1.29 is 4.92 Å². The fraction of sp³-hybridized carbons (Fsp3) is 0.167. The van der Waals surface area contributed by atoms with Crippen LogP contribution in [0.4, 0.5) is 11.5 Å². The second-order valence-electron chi connectivity index (χ2n) is 3.83. The van der Waals surface area contributed by atoms with Gasteiger partial charge in [-0.05, 0) is 24.6 Å². The number of pyridine rings is 2. The summed E-state index contributed by atoms with van der Waals surface area (Å²) < 4.78 is 0. The quantitative estimate of drug-likeness (QED) is 0.659. The Kier molecular flexibility index (Phi) is 3.47. The number of nitro groups is 1. The Balaban J connectivity index is 2.07. The van der Waals surface area contributed by atoms with Gasteiger partial charge in [0.2, 0.25) is 0 Å². The molecule has 2 rings (SSSR count). The predicted molar refractivity (Wildman–Crippen MR) is 67.2 cm³/mol. The molecule has 0 aromatic carbocycles. The molecule has 0 radical (unpaired) electrons. The van der Waals surface area contributed by atoms with Crippen molar-refractivity contribution in [2.24, 2.45) is 0 Å². The fourth-order valence-electron chi connectivity index (χ4n) is 1.53. The highest BCUT2D eigenvalue weighted by Crippen LogP contribution is 2.19. The molecule has 0 saturated carbocycles. The number of aryl methyl sites for hydroxylation is 1. The van der Waals surface area contributed by atoms with Crippen molar-refractivity contribution in [1.82, 2.24) is 9.97 Å². The van der Waals surface area contributed by atoms with Crippen molar-refractivity contribution in [3.05, 3.63) is 58.0 Å². The minimum Gasteiger partial charge on any atom is -0.366 e. The van der Waals surface area contributed by atoms with Gasteiger partial charge in [0.1, 0.15) is 12.0 Å². The van der Waals surface area contributed by atoms with Crippen LogP contribution in [0.25, 0.3) is 0 Å². The van der Waals surface area contributed by atoms with Crippen molar-refractivity contribution in [3.63, 3.8) is 0 Å². The molecule has 0 aliphatic rings. The van der Waals surface area contributed by atoms with Crippen LogP contribution in [0.15, 0.2) is 36.8 Å². The molecule has 1 N–H and O–H groups in total. The minimum atomic E-state index is -0.437. The van der Waals surface area contributed by atoms with E-state index >= 15 is 0 Å². The van der Waals surface area contributed by atoms with Gasteiger partial charge in [0.25, 0.3) is 5.69 Å². The van der Waals surface area contributed by atoms with Crippen molar-refractivity contribution in [2.45, 2.75) is 13.5 Å². The topological polar surface area (TPSA) is 81.0 Å². The lowest BCUT2D eigenvalue weighted by atomic mass is 10.2. The van der Waals surface area contributed by atoms with Gasteiger partial charge >= 0.3 is 0 Å². The Bertz CT molecular complexity index is 557. The van der Waals surface area contributed by atoms with E-state index in [1.807, 2.05) is 12.1 Å². The van der Waals surface area contributed by atoms with Crippen LogP contribution in [-0.2, 0) is 6.54 Å². The summed E-state index contributed by atoms with van der Waals surface area (Å²) >= 11 is 0. The van der Waals surface area contributed by atoms with Crippen molar-refractivity contribution in [3.8, 4) is 0 Å². The molecule has 2 heterocycles. The highest BCUT2D eigenvalue weighted by Gasteiger charge is 2.10. The molecule has 2 aromatic rings. The summed E-state index contributed by atoms with van der Waals surface area (Å²) in [5.74, 6) is 0.613. The molecular weight excluding hydrogens is 232 g/mol. The zero-order valence-corrected chi connectivity index (χ0v) is 9.83. The summed E-state index contributed by atoms with van der Waals surface area (Å²) in [6.45, 7) is 2.27. The van der Waals surface area contributed by atoms with Crippen molar-refractivity contribution in [2.75, 3.05) is 5.32 Å². The Labute approximate surface area is 104 Å². The van der Waals surface area contributed by atoms with E-state index < -0.39 is 4.92 Å². The summed E-state index contributed by atoms with van der Waals surface area (Å²) in [5, 5.41) is 13.7. The van der Waals surface area contributed by atoms with Gasteiger partial charge in [-0.15, -0.1) is 0 Å². The Morgan fingerprint density at radius 1 is 1.44 bits per heavy atom. The molecule has 6 heteroatoms. The predicted octanol–water partition coefficient (Wildman–Crippen LogP) is 2.31. The van der Waals surface area contributed by atoms with Gasteiger partial charge in [0.05, 0.1) is 4.92 Å². The molecule has 2 aromatic heterocycles. The second-order valence-corrected chi connectivity index (χ2v) is 3.83. The van der Waals surface area contributed by atoms with E-state index in [2.05, 4.69) is 15.3 Å². The summed E-state index contributed by atoms with van der Waals surface area (Å²) in [7, 11) is 0. The first kappa shape index (κ1) is 12.0. The standard InChI is InChI=1S/C12H12N4O2/c1-9-5-12(15-8-11(9)16(17)18)14-7-10-3-2-4-13-6-10/h2-6,8H,7H2,1H3,(H,14,15). The van der Waals surface area contributed by atoms with Crippen LogP contribution in [0.3, 0.4) is 0 Å². The molecule has 0 aliphatic heterocycles. The summed E-state index contributed by atoms with van der Waals surface area (Å²) in [5.41, 5.74) is 1.64. The summed E-state index contributed by atoms with van der Waals surface area (Å²) in [6, 6.07) is 5.46. The zero-order chi connectivity index (χ0) is 13.0. The maximum atomic E-state index is 10.6. The molecule has 0 bridgehead atoms. The van der Waals surface area contributed by atoms with Gasteiger partial charge in [0.15, 0.2) is 0 Å². The Morgan fingerprint density at radius 2 is 2.28 bits per heavy atom. The highest BCUT2D eigenvalue weighted by molar-refractivity contribution is 5.47. The molecule has 92 valence electrons. The fourth-order valence-corrected chi connectivity index (χ4v) is 1.53. The largest absolute Gasteiger partial charge is 0.366 e. The first-order chi connectivity index (χ1) is 8.66. The molecule has 0 aliphatic carbocycles. The number of nitrogens with one attached hydrogen (secondary N) is 1. The van der Waals surface area contributed by atoms with E-state index in [1.165, 1.54) is 6.20 Å². The number of rotatable bonds is 4. The molecule has 0 amide bonds. The molecule has 0 spiro atoms. The number of nitrogens with zero attached hydrogens (tertiary/aromatic N) is 3. The van der Waals surface area contributed by atoms with Crippen LogP contribution in [-0.4, -0.2) is 14.9 Å². The van der Waals surface area contributed by atoms with Crippen molar-refractivity contribution in [1.29, 1.82) is 0 Å². The van der Waals surface area contributed by atoms with Crippen molar-refractivity contribution >= 4 is 11.5 Å². The van der Waals surface area contributed by atoms with Crippen LogP contribution in [0.1, 0.15) is 11.1 Å². The first-order valence-electron chi connectivity index (χ1n) is 5.40. The second kappa shape index (κ2) is 5.22. The molecule has 0 unspecified atom stereocenters. The lowest BCUT2D eigenvalue weighted by Gasteiger charge is -2.06.